The van der Waals surface area contributed by atoms with Crippen molar-refractivity contribution in [2.45, 2.75) is 18.8 Å². The summed E-state index contributed by atoms with van der Waals surface area (Å²) < 4.78 is 13.3. The van der Waals surface area contributed by atoms with Gasteiger partial charge in [-0.2, -0.15) is 0 Å². The van der Waals surface area contributed by atoms with Crippen LogP contribution in [0.25, 0.3) is 0 Å². The summed E-state index contributed by atoms with van der Waals surface area (Å²) in [6.07, 6.45) is 2.68. The molecule has 0 radical (unpaired) electrons. The fourth-order valence-electron chi connectivity index (χ4n) is 1.37. The van der Waals surface area contributed by atoms with Crippen molar-refractivity contribution in [3.8, 4) is 0 Å². The molecule has 2 rings (SSSR count). The molecule has 0 unspecified atom stereocenters. The summed E-state index contributed by atoms with van der Waals surface area (Å²) in [5, 5.41) is 0. The summed E-state index contributed by atoms with van der Waals surface area (Å²) in [6.45, 7) is 0. The van der Waals surface area contributed by atoms with Gasteiger partial charge in [0.2, 0.25) is 0 Å². The minimum atomic E-state index is -0.324. The van der Waals surface area contributed by atoms with E-state index in [9.17, 15) is 9.18 Å². The summed E-state index contributed by atoms with van der Waals surface area (Å²) >= 11 is 0. The van der Waals surface area contributed by atoms with Crippen LogP contribution in [0.5, 0.6) is 0 Å². The van der Waals surface area contributed by atoms with E-state index in [0.717, 1.165) is 12.8 Å². The van der Waals surface area contributed by atoms with E-state index in [2.05, 4.69) is 0 Å². The quantitative estimate of drug-likeness (QED) is 0.614. The largest absolute Gasteiger partial charge is 0.298 e. The highest BCUT2D eigenvalue weighted by Crippen LogP contribution is 2.41. The lowest BCUT2D eigenvalue weighted by atomic mass is 10.1. The molecule has 0 heterocycles. The van der Waals surface area contributed by atoms with Gasteiger partial charge >= 0.3 is 0 Å². The fraction of sp³-hybridized carbons (Fsp3) is 0.300. The Bertz CT molecular complexity index is 316. The summed E-state index contributed by atoms with van der Waals surface area (Å²) in [6, 6.07) is 5.01. The highest BCUT2D eigenvalue weighted by Gasteiger charge is 2.27. The maximum absolute atomic E-state index is 13.3. The lowest BCUT2D eigenvalue weighted by Gasteiger charge is -2.01. The maximum atomic E-state index is 13.3. The van der Waals surface area contributed by atoms with Crippen molar-refractivity contribution in [1.82, 2.24) is 0 Å². The molecule has 0 atom stereocenters. The van der Waals surface area contributed by atoms with Crippen molar-refractivity contribution in [1.29, 1.82) is 0 Å². The molecule has 0 aliphatic heterocycles. The van der Waals surface area contributed by atoms with Crippen LogP contribution in [0, 0.1) is 5.82 Å². The Balaban J connectivity index is 2.47. The molecule has 0 bridgehead atoms. The van der Waals surface area contributed by atoms with Gasteiger partial charge in [-0.15, -0.1) is 0 Å². The molecule has 62 valence electrons. The van der Waals surface area contributed by atoms with Crippen molar-refractivity contribution < 1.29 is 9.18 Å². The van der Waals surface area contributed by atoms with E-state index in [1.54, 1.807) is 12.1 Å². The molecule has 1 aliphatic rings. The molecule has 0 saturated heterocycles. The number of benzene rings is 1. The van der Waals surface area contributed by atoms with Crippen LogP contribution in [0.15, 0.2) is 18.2 Å². The van der Waals surface area contributed by atoms with Crippen molar-refractivity contribution in [2.24, 2.45) is 0 Å². The average molecular weight is 164 g/mol. The number of aldehydes is 1. The van der Waals surface area contributed by atoms with Crippen LogP contribution in [0.2, 0.25) is 0 Å². The second-order valence-corrected chi connectivity index (χ2v) is 3.14. The van der Waals surface area contributed by atoms with Crippen molar-refractivity contribution in [2.75, 3.05) is 0 Å². The van der Waals surface area contributed by atoms with E-state index in [4.69, 9.17) is 0 Å². The molecule has 12 heavy (non-hydrogen) atoms. The zero-order valence-electron chi connectivity index (χ0n) is 6.59. The minimum absolute atomic E-state index is 0.180. The number of halogens is 1. The molecular weight excluding hydrogens is 155 g/mol. The normalized spacial score (nSPS) is 16.1. The van der Waals surface area contributed by atoms with Crippen LogP contribution in [0.3, 0.4) is 0 Å². The molecule has 1 saturated carbocycles. The van der Waals surface area contributed by atoms with Crippen LogP contribution in [0.1, 0.15) is 34.7 Å². The topological polar surface area (TPSA) is 17.1 Å². The third-order valence-electron chi connectivity index (χ3n) is 2.20. The summed E-state index contributed by atoms with van der Waals surface area (Å²) in [4.78, 5) is 10.4. The highest BCUT2D eigenvalue weighted by molar-refractivity contribution is 5.75. The van der Waals surface area contributed by atoms with Gasteiger partial charge in [-0.1, -0.05) is 12.1 Å². The average Bonchev–Trinajstić information content (AvgIpc) is 2.88. The smallest absolute Gasteiger partial charge is 0.153 e. The Labute approximate surface area is 70.2 Å². The minimum Gasteiger partial charge on any atom is -0.298 e. The molecule has 0 spiro atoms. The zero-order chi connectivity index (χ0) is 8.55. The third-order valence-corrected chi connectivity index (χ3v) is 2.20. The molecule has 1 aromatic carbocycles. The number of hydrogen-bond acceptors (Lipinski definition) is 1. The zero-order valence-corrected chi connectivity index (χ0v) is 6.59. The number of rotatable bonds is 2. The van der Waals surface area contributed by atoms with E-state index in [1.165, 1.54) is 6.07 Å². The monoisotopic (exact) mass is 164 g/mol. The van der Waals surface area contributed by atoms with Gasteiger partial charge in [0.1, 0.15) is 5.82 Å². The van der Waals surface area contributed by atoms with Crippen molar-refractivity contribution in [3.63, 3.8) is 0 Å². The predicted octanol–water partition coefficient (Wildman–Crippen LogP) is 2.52. The lowest BCUT2D eigenvalue weighted by Crippen LogP contribution is -1.93. The molecular formula is C10H9FO. The predicted molar refractivity (Wildman–Crippen MR) is 43.8 cm³/mol. The van der Waals surface area contributed by atoms with E-state index in [1.807, 2.05) is 0 Å². The number of hydrogen-bond donors (Lipinski definition) is 0. The molecule has 1 aliphatic carbocycles. The van der Waals surface area contributed by atoms with E-state index < -0.39 is 0 Å². The highest BCUT2D eigenvalue weighted by atomic mass is 19.1. The first-order valence-corrected chi connectivity index (χ1v) is 4.06. The molecule has 1 aromatic rings. The SMILES string of the molecule is O=Cc1cccc(C2CC2)c1F. The standard InChI is InChI=1S/C10H9FO/c11-10-8(6-12)2-1-3-9(10)7-4-5-7/h1-3,6-7H,4-5H2. The van der Waals surface area contributed by atoms with Gasteiger partial charge in [-0.25, -0.2) is 4.39 Å². The van der Waals surface area contributed by atoms with Gasteiger partial charge in [-0.05, 0) is 30.4 Å². The van der Waals surface area contributed by atoms with Crippen molar-refractivity contribution >= 4 is 6.29 Å². The van der Waals surface area contributed by atoms with Crippen LogP contribution in [-0.2, 0) is 0 Å². The van der Waals surface area contributed by atoms with Crippen LogP contribution in [-0.4, -0.2) is 6.29 Å². The van der Waals surface area contributed by atoms with Gasteiger partial charge in [0.15, 0.2) is 6.29 Å². The van der Waals surface area contributed by atoms with Crippen LogP contribution < -0.4 is 0 Å². The van der Waals surface area contributed by atoms with Gasteiger partial charge < -0.3 is 0 Å². The van der Waals surface area contributed by atoms with Crippen LogP contribution >= 0.6 is 0 Å². The van der Waals surface area contributed by atoms with Gasteiger partial charge in [0, 0.05) is 0 Å². The molecule has 1 fully saturated rings. The van der Waals surface area contributed by atoms with Gasteiger partial charge in [0.25, 0.3) is 0 Å². The molecule has 0 N–H and O–H groups in total. The molecule has 0 amide bonds. The maximum Gasteiger partial charge on any atom is 0.153 e. The van der Waals surface area contributed by atoms with Gasteiger partial charge in [-0.3, -0.25) is 4.79 Å². The second-order valence-electron chi connectivity index (χ2n) is 3.14. The Kier molecular flexibility index (Phi) is 1.68. The van der Waals surface area contributed by atoms with E-state index in [0.29, 0.717) is 17.8 Å². The summed E-state index contributed by atoms with van der Waals surface area (Å²) in [5.41, 5.74) is 0.888. The molecule has 1 nitrogen and oxygen atoms in total. The van der Waals surface area contributed by atoms with Crippen LogP contribution in [0.4, 0.5) is 4.39 Å². The van der Waals surface area contributed by atoms with Gasteiger partial charge in [0.05, 0.1) is 5.56 Å². The third kappa shape index (κ3) is 1.13. The van der Waals surface area contributed by atoms with E-state index >= 15 is 0 Å². The fourth-order valence-corrected chi connectivity index (χ4v) is 1.37. The number of carbonyl (C=O) groups excluding carboxylic acids is 1. The Hall–Kier alpha value is -1.18. The molecule has 0 aromatic heterocycles. The number of carbonyl (C=O) groups is 1. The Morgan fingerprint density at radius 2 is 2.17 bits per heavy atom. The first-order valence-electron chi connectivity index (χ1n) is 4.06. The first kappa shape index (κ1) is 7.47. The lowest BCUT2D eigenvalue weighted by molar-refractivity contribution is 0.111. The summed E-state index contributed by atoms with van der Waals surface area (Å²) in [7, 11) is 0. The first-order chi connectivity index (χ1) is 5.83. The Morgan fingerprint density at radius 3 is 2.75 bits per heavy atom. The molecule has 2 heteroatoms. The summed E-state index contributed by atoms with van der Waals surface area (Å²) in [5.74, 6) is 0.0416. The second kappa shape index (κ2) is 2.70. The van der Waals surface area contributed by atoms with E-state index in [-0.39, 0.29) is 11.4 Å². The van der Waals surface area contributed by atoms with Crippen molar-refractivity contribution in [3.05, 3.63) is 35.1 Å². The Morgan fingerprint density at radius 1 is 1.42 bits per heavy atom.